The zero-order chi connectivity index (χ0) is 85.3. The molecule has 20 heteroatoms. The number of ether oxygens (including phenoxy) is 1. The van der Waals surface area contributed by atoms with E-state index in [0.29, 0.717) is 5.03 Å². The van der Waals surface area contributed by atoms with Crippen molar-refractivity contribution in [1.29, 1.82) is 0 Å². The van der Waals surface area contributed by atoms with E-state index in [1.54, 1.807) is 25.0 Å². The number of allylic oxidation sites excluding steroid dienone is 4. The molecular weight excluding hydrogens is 1580 g/mol. The van der Waals surface area contributed by atoms with Crippen LogP contribution in [0.15, 0.2) is 247 Å². The van der Waals surface area contributed by atoms with Crippen LogP contribution in [0.1, 0.15) is 93.7 Å². The van der Waals surface area contributed by atoms with Gasteiger partial charge in [-0.05, 0) is 161 Å². The lowest BCUT2D eigenvalue weighted by molar-refractivity contribution is 0.0346. The van der Waals surface area contributed by atoms with E-state index in [4.69, 9.17) is 29.1 Å². The van der Waals surface area contributed by atoms with Crippen LogP contribution in [0.3, 0.4) is 0 Å². The molecule has 13 heterocycles. The number of aromatic nitrogens is 6. The van der Waals surface area contributed by atoms with Gasteiger partial charge in [0.15, 0.2) is 0 Å². The number of piperazine rings is 4. The molecule has 1 unspecified atom stereocenters. The fraction of sp³-hybridized carbons (Fsp3) is 0.333. The summed E-state index contributed by atoms with van der Waals surface area (Å²) in [5, 5.41) is 0.536. The highest BCUT2D eigenvalue weighted by atomic mass is 32.2. The second-order valence-electron chi connectivity index (χ2n) is 35.4. The predicted octanol–water partition coefficient (Wildman–Crippen LogP) is 15.9. The number of likely N-dealkylation sites (N-methyl/N-ethyl adjacent to an activating group) is 4. The van der Waals surface area contributed by atoms with Crippen molar-refractivity contribution in [1.82, 2.24) is 73.6 Å². The molecule has 0 N–H and O–H groups in total. The number of furan rings is 1. The van der Waals surface area contributed by atoms with Crippen LogP contribution >= 0.6 is 11.3 Å². The first-order valence-corrected chi connectivity index (χ1v) is 47.6. The number of rotatable bonds is 19. The Bertz CT molecular complexity index is 5960. The molecule has 0 bridgehead atoms. The van der Waals surface area contributed by atoms with Crippen molar-refractivity contribution in [2.75, 3.05) is 165 Å². The van der Waals surface area contributed by atoms with Gasteiger partial charge in [-0.15, -0.1) is 11.3 Å². The average Bonchev–Trinajstić information content (AvgIpc) is 1.66. The van der Waals surface area contributed by atoms with Gasteiger partial charge in [0.05, 0.1) is 48.5 Å². The Labute approximate surface area is 743 Å². The number of hydrogen-bond acceptors (Lipinski definition) is 18. The number of pyridine rings is 5. The van der Waals surface area contributed by atoms with Gasteiger partial charge < -0.3 is 33.3 Å². The fourth-order valence-corrected chi connectivity index (χ4v) is 19.9. The quantitative estimate of drug-likeness (QED) is 0.0709. The van der Waals surface area contributed by atoms with Crippen molar-refractivity contribution in [3.05, 3.63) is 332 Å². The predicted molar refractivity (Wildman–Crippen MR) is 511 cm³/mol. The molecule has 12 aromatic rings. The van der Waals surface area contributed by atoms with Crippen molar-refractivity contribution in [2.45, 2.75) is 63.4 Å². The Kier molecular flexibility index (Phi) is 26.7. The van der Waals surface area contributed by atoms with Crippen molar-refractivity contribution >= 4 is 49.0 Å². The second kappa shape index (κ2) is 39.2. The topological polar surface area (TPSA) is 138 Å². The van der Waals surface area contributed by atoms with Crippen LogP contribution in [0.5, 0.6) is 0 Å². The number of morpholine rings is 1. The third-order valence-electron chi connectivity index (χ3n) is 26.1. The zero-order valence-corrected chi connectivity index (χ0v) is 75.1. The van der Waals surface area contributed by atoms with Crippen molar-refractivity contribution < 1.29 is 13.4 Å². The molecule has 21 rings (SSSR count). The first kappa shape index (κ1) is 85.3. The minimum atomic E-state index is -2.31. The monoisotopic (exact) mass is 1700 g/mol. The van der Waals surface area contributed by atoms with Crippen LogP contribution in [-0.2, 0) is 79.7 Å². The van der Waals surface area contributed by atoms with E-state index in [0.717, 1.165) is 229 Å². The Morgan fingerprint density at radius 3 is 1.04 bits per heavy atom. The van der Waals surface area contributed by atoms with E-state index in [1.807, 2.05) is 54.3 Å². The highest BCUT2D eigenvalue weighted by Crippen LogP contribution is 2.41. The molecule has 5 fully saturated rings. The third kappa shape index (κ3) is 21.1. The molecule has 1 atom stereocenters. The summed E-state index contributed by atoms with van der Waals surface area (Å²) in [6, 6.07) is 57.7. The maximum absolute atomic E-state index is 12.2. The standard InChI is InChI=1S/C29H34N4OS.C27H30N4OS.C25H28N4.C24H25N3O/c1-31-10-12-32(13-11-31)20-22-2-4-23(5-3-22)24-18-27-26(7-8-28(27)30-19-24)29-9-6-25(35-29)21-33-14-16-34-17-15-33;1-30-12-14-31(15-13-30)19-20-4-6-21(7-5-20)23-16-25-24(9-10-26(25)28-18-23)22-8-11-27(29-17-22)33(2,3)32;1-27-11-13-29(14-12-27)17-19-3-5-20(6-4-19)22-15-24-23(7-8-25(24)26-16-22)21-9-10-28(2)18-21;1-26-9-11-27(12-10-26)16-18-2-4-19(5-3-18)21-14-23-22(20-8-13-28-17-20)6-7-24(23)25-15-21/h2-7,9,18-19H,8,10-17,20-21H2,1H3;4-9,11,16-18H,2,10,12-15,19H2,1,3H3;3-7,9-10,15-16,18H,8,11-14,17H2,1-2H3;2-6,8,13-15,17H,7,9-12,16H2,1H3. The average molecular weight is 1700 g/mol. The van der Waals surface area contributed by atoms with Gasteiger partial charge in [-0.2, -0.15) is 0 Å². The van der Waals surface area contributed by atoms with Gasteiger partial charge >= 0.3 is 0 Å². The molecule has 4 aromatic carbocycles. The number of aryl methyl sites for hydroxylation is 1. The van der Waals surface area contributed by atoms with E-state index in [1.165, 1.54) is 121 Å². The lowest BCUT2D eigenvalue weighted by atomic mass is 9.98. The lowest BCUT2D eigenvalue weighted by Crippen LogP contribution is -2.43. The van der Waals surface area contributed by atoms with Crippen LogP contribution in [0.4, 0.5) is 0 Å². The summed E-state index contributed by atoms with van der Waals surface area (Å²) in [5.41, 5.74) is 33.0. The minimum absolute atomic E-state index is 0.536. The van der Waals surface area contributed by atoms with E-state index in [-0.39, 0.29) is 0 Å². The van der Waals surface area contributed by atoms with Crippen LogP contribution < -0.4 is 0 Å². The molecule has 5 saturated heterocycles. The number of nitrogens with zero attached hydrogens (tertiary/aromatic N) is 15. The van der Waals surface area contributed by atoms with Gasteiger partial charge in [0.25, 0.3) is 0 Å². The van der Waals surface area contributed by atoms with Crippen LogP contribution in [-0.4, -0.2) is 249 Å². The van der Waals surface area contributed by atoms with Crippen LogP contribution in [0, 0.1) is 0 Å². The maximum Gasteiger partial charge on any atom is 0.118 e. The minimum Gasteiger partial charge on any atom is -0.472 e. The van der Waals surface area contributed by atoms with Gasteiger partial charge in [-0.25, -0.2) is 4.98 Å². The molecule has 5 aliphatic heterocycles. The molecule has 0 radical (unpaired) electrons. The van der Waals surface area contributed by atoms with Crippen molar-refractivity contribution in [3.63, 3.8) is 0 Å². The first-order chi connectivity index (χ1) is 61.0. The summed E-state index contributed by atoms with van der Waals surface area (Å²) in [4.78, 5) is 48.5. The fourth-order valence-electron chi connectivity index (χ4n) is 18.2. The summed E-state index contributed by atoms with van der Waals surface area (Å²) in [5.74, 6) is 3.73. The molecule has 9 aliphatic rings. The highest BCUT2D eigenvalue weighted by molar-refractivity contribution is 7.99. The third-order valence-corrected chi connectivity index (χ3v) is 28.3. The van der Waals surface area contributed by atoms with E-state index in [9.17, 15) is 4.21 Å². The van der Waals surface area contributed by atoms with Gasteiger partial charge in [0, 0.05) is 308 Å². The van der Waals surface area contributed by atoms with Gasteiger partial charge in [0.2, 0.25) is 0 Å². The van der Waals surface area contributed by atoms with Gasteiger partial charge in [-0.3, -0.25) is 48.6 Å². The lowest BCUT2D eigenvalue weighted by Gasteiger charge is -2.32. The summed E-state index contributed by atoms with van der Waals surface area (Å²) < 4.78 is 25.0. The summed E-state index contributed by atoms with van der Waals surface area (Å²) >= 11 is 1.92. The summed E-state index contributed by atoms with van der Waals surface area (Å²) in [6.45, 7) is 27.3. The number of hydrogen-bond donors (Lipinski definition) is 0. The Morgan fingerprint density at radius 1 is 0.352 bits per heavy atom. The zero-order valence-electron chi connectivity index (χ0n) is 73.5. The molecule has 4 aliphatic carbocycles. The molecule has 0 spiro atoms. The molecule has 642 valence electrons. The Morgan fingerprint density at radius 2 is 0.696 bits per heavy atom. The van der Waals surface area contributed by atoms with Crippen LogP contribution in [0.25, 0.3) is 66.8 Å². The summed E-state index contributed by atoms with van der Waals surface area (Å²) in [6.07, 6.45) is 31.9. The number of thiophene rings is 1. The summed E-state index contributed by atoms with van der Waals surface area (Å²) in [7, 11) is 8.56. The number of benzene rings is 4. The molecule has 18 nitrogen and oxygen atoms in total. The molecule has 0 saturated carbocycles. The van der Waals surface area contributed by atoms with Crippen LogP contribution in [0.2, 0.25) is 0 Å². The Hall–Kier alpha value is -10.5. The molecule has 0 amide bonds. The smallest absolute Gasteiger partial charge is 0.118 e. The van der Waals surface area contributed by atoms with Gasteiger partial charge in [-0.1, -0.05) is 127 Å². The van der Waals surface area contributed by atoms with Crippen molar-refractivity contribution in [2.24, 2.45) is 7.05 Å². The second-order valence-corrected chi connectivity index (χ2v) is 39.0. The molecule has 125 heavy (non-hydrogen) atoms. The van der Waals surface area contributed by atoms with E-state index in [2.05, 4.69) is 271 Å². The number of fused-ring (bicyclic) bond motifs is 4. The molecule has 8 aromatic heterocycles. The van der Waals surface area contributed by atoms with Crippen molar-refractivity contribution in [3.8, 4) is 44.5 Å². The largest absolute Gasteiger partial charge is 0.472 e. The highest BCUT2D eigenvalue weighted by Gasteiger charge is 2.27. The maximum atomic E-state index is 12.2. The van der Waals surface area contributed by atoms with E-state index >= 15 is 0 Å². The van der Waals surface area contributed by atoms with Gasteiger partial charge in [0.1, 0.15) is 5.03 Å². The normalized spacial score (nSPS) is 18.4. The van der Waals surface area contributed by atoms with E-state index < -0.39 is 9.52 Å². The SMILES string of the molecule is C=S(C)(=O)c1ccc(C2=CCc3ncc(-c4ccc(CN5CCN(C)CC5)cc4)cc32)cn1.CN1CCN(Cc2ccc(-c3cnc4c(c3)C(c3ccc(CN5CCOCC5)s3)=CC4)cc2)CC1.CN1CCN(Cc2ccc(-c3cnc4c(c3)C(c3ccn(C)c3)=CC4)cc2)CC1.CN1CCN(Cc2ccc(-c3cnc4c(c3)C(c3ccoc3)=CC4)cc2)CC1. The Balaban J connectivity index is 0.000000114. The molecular formula is C105H117N15O3S2. The first-order valence-electron chi connectivity index (χ1n) is 44.6.